The fraction of sp³-hybridized carbons (Fsp3) is 0.455. The molecule has 2 heteroatoms. The molecule has 0 aliphatic heterocycles. The van der Waals surface area contributed by atoms with Gasteiger partial charge in [0.25, 0.3) is 0 Å². The Morgan fingerprint density at radius 2 is 2.15 bits per heavy atom. The molecule has 0 fully saturated rings. The van der Waals surface area contributed by atoms with E-state index in [1.54, 1.807) is 6.92 Å². The zero-order chi connectivity index (χ0) is 9.84. The molecule has 0 heterocycles. The Hall–Kier alpha value is -0.530. The van der Waals surface area contributed by atoms with Crippen LogP contribution < -0.4 is 0 Å². The van der Waals surface area contributed by atoms with E-state index in [0.29, 0.717) is 0 Å². The van der Waals surface area contributed by atoms with Crippen LogP contribution in [0.3, 0.4) is 0 Å². The molecule has 1 atom stereocenters. The summed E-state index contributed by atoms with van der Waals surface area (Å²) >= 11 is 6.03. The predicted molar refractivity (Wildman–Crippen MR) is 56.2 cm³/mol. The third kappa shape index (κ3) is 3.37. The highest BCUT2D eigenvalue weighted by Gasteiger charge is 2.02. The number of aliphatic hydroxyl groups is 1. The van der Waals surface area contributed by atoms with Crippen molar-refractivity contribution in [1.29, 1.82) is 0 Å². The van der Waals surface area contributed by atoms with E-state index in [1.807, 2.05) is 25.1 Å². The number of hydrogen-bond acceptors (Lipinski definition) is 1. The third-order valence-electron chi connectivity index (χ3n) is 2.04. The van der Waals surface area contributed by atoms with Gasteiger partial charge in [0.05, 0.1) is 6.10 Å². The molecule has 0 spiro atoms. The Morgan fingerprint density at radius 1 is 1.46 bits per heavy atom. The van der Waals surface area contributed by atoms with Gasteiger partial charge in [0.1, 0.15) is 0 Å². The van der Waals surface area contributed by atoms with E-state index in [4.69, 9.17) is 16.7 Å². The fourth-order valence-corrected chi connectivity index (χ4v) is 1.55. The monoisotopic (exact) mass is 198 g/mol. The minimum Gasteiger partial charge on any atom is -0.393 e. The maximum atomic E-state index is 9.12. The summed E-state index contributed by atoms with van der Waals surface area (Å²) in [5, 5.41) is 9.92. The summed E-state index contributed by atoms with van der Waals surface area (Å²) < 4.78 is 0. The smallest absolute Gasteiger partial charge is 0.0515 e. The second kappa shape index (κ2) is 4.64. The van der Waals surface area contributed by atoms with Crippen molar-refractivity contribution in [2.75, 3.05) is 0 Å². The summed E-state index contributed by atoms with van der Waals surface area (Å²) in [7, 11) is 0. The Kier molecular flexibility index (Phi) is 3.76. The maximum absolute atomic E-state index is 9.12. The summed E-state index contributed by atoms with van der Waals surface area (Å²) in [6.07, 6.45) is 1.36. The first-order valence-electron chi connectivity index (χ1n) is 4.52. The minimum atomic E-state index is -0.252. The van der Waals surface area contributed by atoms with E-state index in [9.17, 15) is 0 Å². The SMILES string of the molecule is Cc1ccc(CC[C@H](C)O)c(Cl)c1. The largest absolute Gasteiger partial charge is 0.393 e. The molecule has 1 aromatic rings. The maximum Gasteiger partial charge on any atom is 0.0515 e. The van der Waals surface area contributed by atoms with E-state index in [2.05, 4.69) is 0 Å². The lowest BCUT2D eigenvalue weighted by Gasteiger charge is -2.06. The van der Waals surface area contributed by atoms with Crippen LogP contribution in [0.1, 0.15) is 24.5 Å². The van der Waals surface area contributed by atoms with E-state index in [0.717, 1.165) is 23.4 Å². The van der Waals surface area contributed by atoms with Crippen molar-refractivity contribution in [3.05, 3.63) is 34.3 Å². The second-order valence-corrected chi connectivity index (χ2v) is 3.89. The molecule has 1 aromatic carbocycles. The standard InChI is InChI=1S/C11H15ClO/c1-8-3-5-10(11(12)7-8)6-4-9(2)13/h3,5,7,9,13H,4,6H2,1-2H3/t9-/m0/s1. The highest BCUT2D eigenvalue weighted by molar-refractivity contribution is 6.31. The van der Waals surface area contributed by atoms with Crippen LogP contribution in [0, 0.1) is 6.92 Å². The fourth-order valence-electron chi connectivity index (χ4n) is 1.22. The van der Waals surface area contributed by atoms with Crippen molar-refractivity contribution in [3.63, 3.8) is 0 Å². The summed E-state index contributed by atoms with van der Waals surface area (Å²) in [5.41, 5.74) is 2.29. The zero-order valence-corrected chi connectivity index (χ0v) is 8.80. The molecule has 0 bridgehead atoms. The highest BCUT2D eigenvalue weighted by Crippen LogP contribution is 2.19. The van der Waals surface area contributed by atoms with Gasteiger partial charge < -0.3 is 5.11 Å². The summed E-state index contributed by atoms with van der Waals surface area (Å²) in [6, 6.07) is 6.03. The van der Waals surface area contributed by atoms with Crippen molar-refractivity contribution in [3.8, 4) is 0 Å². The molecular weight excluding hydrogens is 184 g/mol. The second-order valence-electron chi connectivity index (χ2n) is 3.48. The Labute approximate surface area is 84.4 Å². The van der Waals surface area contributed by atoms with Gasteiger partial charge in [-0.2, -0.15) is 0 Å². The third-order valence-corrected chi connectivity index (χ3v) is 2.39. The van der Waals surface area contributed by atoms with Crippen LogP contribution in [0.4, 0.5) is 0 Å². The van der Waals surface area contributed by atoms with Gasteiger partial charge in [0.2, 0.25) is 0 Å². The number of hydrogen-bond donors (Lipinski definition) is 1. The van der Waals surface area contributed by atoms with Gasteiger partial charge in [-0.1, -0.05) is 23.7 Å². The molecule has 0 aliphatic carbocycles. The molecule has 72 valence electrons. The van der Waals surface area contributed by atoms with Crippen LogP contribution in [0.25, 0.3) is 0 Å². The van der Waals surface area contributed by atoms with Crippen molar-refractivity contribution in [2.24, 2.45) is 0 Å². The van der Waals surface area contributed by atoms with Crippen molar-refractivity contribution in [2.45, 2.75) is 32.8 Å². The number of aryl methyl sites for hydroxylation is 2. The molecule has 0 saturated carbocycles. The molecule has 0 amide bonds. The number of benzene rings is 1. The number of halogens is 1. The molecule has 0 unspecified atom stereocenters. The Bertz CT molecular complexity index is 281. The number of rotatable bonds is 3. The van der Waals surface area contributed by atoms with Gasteiger partial charge in [-0.05, 0) is 43.9 Å². The average molecular weight is 199 g/mol. The zero-order valence-electron chi connectivity index (χ0n) is 8.05. The van der Waals surface area contributed by atoms with Gasteiger partial charge >= 0.3 is 0 Å². The summed E-state index contributed by atoms with van der Waals surface area (Å²) in [4.78, 5) is 0. The molecule has 1 rings (SSSR count). The molecule has 13 heavy (non-hydrogen) atoms. The van der Waals surface area contributed by atoms with Gasteiger partial charge in [-0.15, -0.1) is 0 Å². The van der Waals surface area contributed by atoms with Crippen LogP contribution in [-0.2, 0) is 6.42 Å². The molecule has 1 N–H and O–H groups in total. The van der Waals surface area contributed by atoms with E-state index < -0.39 is 0 Å². The van der Waals surface area contributed by atoms with E-state index >= 15 is 0 Å². The lowest BCUT2D eigenvalue weighted by molar-refractivity contribution is 0.185. The Balaban J connectivity index is 2.67. The first-order chi connectivity index (χ1) is 6.09. The van der Waals surface area contributed by atoms with Gasteiger partial charge in [-0.3, -0.25) is 0 Å². The molecule has 0 aromatic heterocycles. The quantitative estimate of drug-likeness (QED) is 0.792. The Morgan fingerprint density at radius 3 is 2.69 bits per heavy atom. The van der Waals surface area contributed by atoms with Gasteiger partial charge in [0, 0.05) is 5.02 Å². The van der Waals surface area contributed by atoms with E-state index in [-0.39, 0.29) is 6.10 Å². The van der Waals surface area contributed by atoms with Crippen LogP contribution >= 0.6 is 11.6 Å². The normalized spacial score (nSPS) is 12.9. The lowest BCUT2D eigenvalue weighted by Crippen LogP contribution is -2.01. The molecule has 1 nitrogen and oxygen atoms in total. The summed E-state index contributed by atoms with van der Waals surface area (Å²) in [5.74, 6) is 0. The number of aliphatic hydroxyl groups excluding tert-OH is 1. The minimum absolute atomic E-state index is 0.252. The van der Waals surface area contributed by atoms with Crippen LogP contribution in [0.15, 0.2) is 18.2 Å². The van der Waals surface area contributed by atoms with Crippen LogP contribution in [0.2, 0.25) is 5.02 Å². The van der Waals surface area contributed by atoms with Crippen molar-refractivity contribution in [1.82, 2.24) is 0 Å². The van der Waals surface area contributed by atoms with Crippen LogP contribution in [0.5, 0.6) is 0 Å². The van der Waals surface area contributed by atoms with Gasteiger partial charge in [-0.25, -0.2) is 0 Å². The van der Waals surface area contributed by atoms with Crippen molar-refractivity contribution >= 4 is 11.6 Å². The molecule has 0 aliphatic rings. The first kappa shape index (κ1) is 10.6. The molecule has 0 saturated heterocycles. The lowest BCUT2D eigenvalue weighted by atomic mass is 10.1. The molecule has 0 radical (unpaired) electrons. The van der Waals surface area contributed by atoms with Gasteiger partial charge in [0.15, 0.2) is 0 Å². The average Bonchev–Trinajstić information content (AvgIpc) is 2.02. The van der Waals surface area contributed by atoms with Crippen LogP contribution in [-0.4, -0.2) is 11.2 Å². The highest BCUT2D eigenvalue weighted by atomic mass is 35.5. The summed E-state index contributed by atoms with van der Waals surface area (Å²) in [6.45, 7) is 3.81. The van der Waals surface area contributed by atoms with Crippen molar-refractivity contribution < 1.29 is 5.11 Å². The first-order valence-corrected chi connectivity index (χ1v) is 4.90. The predicted octanol–water partition coefficient (Wildman–Crippen LogP) is 2.96. The van der Waals surface area contributed by atoms with E-state index in [1.165, 1.54) is 5.56 Å². The molecular formula is C11H15ClO. The topological polar surface area (TPSA) is 20.2 Å².